The van der Waals surface area contributed by atoms with E-state index >= 15 is 0 Å². The number of esters is 1. The molecule has 2 atom stereocenters. The van der Waals surface area contributed by atoms with Gasteiger partial charge in [-0.2, -0.15) is 0 Å². The van der Waals surface area contributed by atoms with Crippen molar-refractivity contribution in [1.29, 1.82) is 0 Å². The molecular weight excluding hydrogens is 304 g/mol. The van der Waals surface area contributed by atoms with Gasteiger partial charge >= 0.3 is 5.97 Å². The van der Waals surface area contributed by atoms with E-state index in [0.29, 0.717) is 0 Å². The summed E-state index contributed by atoms with van der Waals surface area (Å²) in [4.78, 5) is 11.7. The molecule has 0 bridgehead atoms. The van der Waals surface area contributed by atoms with Crippen LogP contribution in [0, 0.1) is 0 Å². The van der Waals surface area contributed by atoms with Crippen molar-refractivity contribution in [1.82, 2.24) is 0 Å². The number of allylic oxidation sites excluding steroid dienone is 3. The number of halogens is 1. The number of carbonyl (C=O) groups excluding carboxylic acids is 1. The monoisotopic (exact) mass is 320 g/mol. The van der Waals surface area contributed by atoms with Gasteiger partial charge in [0.2, 0.25) is 0 Å². The predicted octanol–water partition coefficient (Wildman–Crippen LogP) is 4.33. The van der Waals surface area contributed by atoms with Gasteiger partial charge in [-0.15, -0.1) is 0 Å². The zero-order valence-electron chi connectivity index (χ0n) is 10.9. The van der Waals surface area contributed by atoms with Gasteiger partial charge in [0.1, 0.15) is 10.9 Å². The summed E-state index contributed by atoms with van der Waals surface area (Å²) in [5.41, 5.74) is 2.08. The average molecular weight is 321 g/mol. The SMILES string of the molecule is C[C@H](OC(=O)C(Br)c1ccccc1)C1=CC=CCC1. The van der Waals surface area contributed by atoms with Gasteiger partial charge in [0, 0.05) is 0 Å². The van der Waals surface area contributed by atoms with Crippen molar-refractivity contribution >= 4 is 21.9 Å². The first-order chi connectivity index (χ1) is 9.18. The minimum absolute atomic E-state index is 0.166. The van der Waals surface area contributed by atoms with Gasteiger partial charge in [-0.05, 0) is 30.9 Å². The smallest absolute Gasteiger partial charge is 0.324 e. The van der Waals surface area contributed by atoms with Gasteiger partial charge < -0.3 is 4.74 Å². The van der Waals surface area contributed by atoms with E-state index in [1.54, 1.807) is 0 Å². The van der Waals surface area contributed by atoms with Crippen LogP contribution >= 0.6 is 15.9 Å². The largest absolute Gasteiger partial charge is 0.457 e. The van der Waals surface area contributed by atoms with Gasteiger partial charge in [0.15, 0.2) is 0 Å². The van der Waals surface area contributed by atoms with E-state index < -0.39 is 4.83 Å². The maximum Gasteiger partial charge on any atom is 0.324 e. The standard InChI is InChI=1S/C16H17BrO2/c1-12(13-8-4-2-5-9-13)19-16(18)15(17)14-10-6-3-7-11-14/h2-4,6-8,10-12,15H,5,9H2,1H3/t12-,15?/m0/s1. The van der Waals surface area contributed by atoms with Crippen LogP contribution < -0.4 is 0 Å². The number of hydrogen-bond donors (Lipinski definition) is 0. The fourth-order valence-corrected chi connectivity index (χ4v) is 2.44. The van der Waals surface area contributed by atoms with Crippen LogP contribution in [-0.4, -0.2) is 12.1 Å². The topological polar surface area (TPSA) is 26.3 Å². The molecule has 0 heterocycles. The summed E-state index contributed by atoms with van der Waals surface area (Å²) in [5.74, 6) is -0.242. The summed E-state index contributed by atoms with van der Waals surface area (Å²) >= 11 is 3.40. The molecule has 2 nitrogen and oxygen atoms in total. The summed E-state index contributed by atoms with van der Waals surface area (Å²) in [6.45, 7) is 1.92. The number of benzene rings is 1. The van der Waals surface area contributed by atoms with E-state index in [1.165, 1.54) is 5.57 Å². The van der Waals surface area contributed by atoms with E-state index in [1.807, 2.05) is 49.4 Å². The van der Waals surface area contributed by atoms with Crippen LogP contribution in [0.5, 0.6) is 0 Å². The highest BCUT2D eigenvalue weighted by Crippen LogP contribution is 2.26. The number of rotatable bonds is 4. The van der Waals surface area contributed by atoms with Crippen LogP contribution in [0.2, 0.25) is 0 Å². The zero-order valence-corrected chi connectivity index (χ0v) is 12.5. The third-order valence-corrected chi connectivity index (χ3v) is 4.06. The summed E-state index contributed by atoms with van der Waals surface area (Å²) in [6, 6.07) is 9.57. The zero-order chi connectivity index (χ0) is 13.7. The van der Waals surface area contributed by atoms with Gasteiger partial charge in [0.25, 0.3) is 0 Å². The quantitative estimate of drug-likeness (QED) is 0.609. The molecule has 0 saturated carbocycles. The van der Waals surface area contributed by atoms with Gasteiger partial charge in [-0.25, -0.2) is 0 Å². The molecule has 1 aliphatic rings. The fourth-order valence-electron chi connectivity index (χ4n) is 2.03. The van der Waals surface area contributed by atoms with E-state index in [4.69, 9.17) is 4.74 Å². The first kappa shape index (κ1) is 14.1. The molecule has 0 fully saturated rings. The van der Waals surface area contributed by atoms with Gasteiger partial charge in [0.05, 0.1) is 0 Å². The molecule has 0 radical (unpaired) electrons. The maximum atomic E-state index is 12.1. The molecule has 0 spiro atoms. The number of alkyl halides is 1. The molecule has 0 aromatic heterocycles. The summed E-state index contributed by atoms with van der Waals surface area (Å²) in [5, 5.41) is 0. The van der Waals surface area contributed by atoms with Crippen molar-refractivity contribution in [3.05, 3.63) is 59.7 Å². The van der Waals surface area contributed by atoms with Crippen molar-refractivity contribution in [2.24, 2.45) is 0 Å². The molecule has 0 aliphatic heterocycles. The van der Waals surface area contributed by atoms with E-state index in [9.17, 15) is 4.79 Å². The first-order valence-corrected chi connectivity index (χ1v) is 7.35. The molecule has 0 saturated heterocycles. The predicted molar refractivity (Wildman–Crippen MR) is 80.1 cm³/mol. The molecule has 100 valence electrons. The van der Waals surface area contributed by atoms with Crippen LogP contribution in [-0.2, 0) is 9.53 Å². The lowest BCUT2D eigenvalue weighted by atomic mass is 10.0. The molecule has 3 heteroatoms. The van der Waals surface area contributed by atoms with Crippen molar-refractivity contribution < 1.29 is 9.53 Å². The molecule has 0 N–H and O–H groups in total. The second-order valence-electron chi connectivity index (χ2n) is 4.56. The Hall–Kier alpha value is -1.35. The third kappa shape index (κ3) is 3.80. The molecule has 1 aromatic rings. The minimum atomic E-state index is -0.407. The lowest BCUT2D eigenvalue weighted by molar-refractivity contribution is -0.146. The van der Waals surface area contributed by atoms with Gasteiger partial charge in [-0.3, -0.25) is 4.79 Å². The Balaban J connectivity index is 1.97. The Labute approximate surface area is 122 Å². The molecule has 1 aromatic carbocycles. The molecule has 19 heavy (non-hydrogen) atoms. The summed E-state index contributed by atoms with van der Waals surface area (Å²) in [7, 11) is 0. The Kier molecular flexibility index (Phi) is 4.97. The third-order valence-electron chi connectivity index (χ3n) is 3.16. The second-order valence-corrected chi connectivity index (χ2v) is 5.48. The molecule has 1 unspecified atom stereocenters. The van der Waals surface area contributed by atoms with E-state index in [0.717, 1.165) is 18.4 Å². The normalized spacial score (nSPS) is 17.5. The lowest BCUT2D eigenvalue weighted by Gasteiger charge is -2.19. The second kappa shape index (κ2) is 6.71. The van der Waals surface area contributed by atoms with Crippen LogP contribution in [0.25, 0.3) is 0 Å². The Morgan fingerprint density at radius 2 is 2.05 bits per heavy atom. The average Bonchev–Trinajstić information content (AvgIpc) is 2.48. The van der Waals surface area contributed by atoms with E-state index in [2.05, 4.69) is 22.0 Å². The Morgan fingerprint density at radius 3 is 2.68 bits per heavy atom. The summed E-state index contributed by atoms with van der Waals surface area (Å²) in [6.07, 6.45) is 7.99. The van der Waals surface area contributed by atoms with Crippen molar-refractivity contribution in [3.63, 3.8) is 0 Å². The van der Waals surface area contributed by atoms with Crippen LogP contribution in [0.4, 0.5) is 0 Å². The van der Waals surface area contributed by atoms with Crippen LogP contribution in [0.1, 0.15) is 30.2 Å². The highest BCUT2D eigenvalue weighted by atomic mass is 79.9. The summed E-state index contributed by atoms with van der Waals surface area (Å²) < 4.78 is 5.52. The van der Waals surface area contributed by atoms with E-state index in [-0.39, 0.29) is 12.1 Å². The molecule has 1 aliphatic carbocycles. The van der Waals surface area contributed by atoms with Crippen molar-refractivity contribution in [2.75, 3.05) is 0 Å². The lowest BCUT2D eigenvalue weighted by Crippen LogP contribution is -2.20. The van der Waals surface area contributed by atoms with Gasteiger partial charge in [-0.1, -0.05) is 64.5 Å². The molecular formula is C16H17BrO2. The Morgan fingerprint density at radius 1 is 1.32 bits per heavy atom. The van der Waals surface area contributed by atoms with Crippen molar-refractivity contribution in [3.8, 4) is 0 Å². The minimum Gasteiger partial charge on any atom is -0.457 e. The highest BCUT2D eigenvalue weighted by molar-refractivity contribution is 9.09. The number of carbonyl (C=O) groups is 1. The van der Waals surface area contributed by atoms with Crippen molar-refractivity contribution in [2.45, 2.75) is 30.7 Å². The maximum absolute atomic E-state index is 12.1. The fraction of sp³-hybridized carbons (Fsp3) is 0.312. The highest BCUT2D eigenvalue weighted by Gasteiger charge is 2.22. The van der Waals surface area contributed by atoms with Crippen LogP contribution in [0.15, 0.2) is 54.1 Å². The Bertz CT molecular complexity index is 491. The molecule has 2 rings (SSSR count). The number of hydrogen-bond acceptors (Lipinski definition) is 2. The molecule has 0 amide bonds. The van der Waals surface area contributed by atoms with Crippen LogP contribution in [0.3, 0.4) is 0 Å². The first-order valence-electron chi connectivity index (χ1n) is 6.43. The number of ether oxygens (including phenoxy) is 1.